The number of carbonyl (C=O) groups excluding carboxylic acids is 1. The molecule has 26 heavy (non-hydrogen) atoms. The minimum Gasteiger partial charge on any atom is -0.368 e. The first-order valence-corrected chi connectivity index (χ1v) is 9.24. The monoisotopic (exact) mass is 350 g/mol. The van der Waals surface area contributed by atoms with Gasteiger partial charge in [0.15, 0.2) is 0 Å². The molecule has 2 N–H and O–H groups in total. The van der Waals surface area contributed by atoms with Crippen molar-refractivity contribution in [1.29, 1.82) is 0 Å². The Kier molecular flexibility index (Phi) is 6.00. The van der Waals surface area contributed by atoms with Gasteiger partial charge in [-0.2, -0.15) is 0 Å². The number of nitrogens with one attached hydrogen (secondary N) is 2. The van der Waals surface area contributed by atoms with Gasteiger partial charge in [-0.15, -0.1) is 0 Å². The summed E-state index contributed by atoms with van der Waals surface area (Å²) in [6.45, 7) is 4.85. The van der Waals surface area contributed by atoms with Crippen LogP contribution in [0.3, 0.4) is 0 Å². The van der Waals surface area contributed by atoms with Crippen molar-refractivity contribution in [2.24, 2.45) is 0 Å². The summed E-state index contributed by atoms with van der Waals surface area (Å²) in [5, 5.41) is 6.17. The first-order chi connectivity index (χ1) is 12.6. The first-order valence-electron chi connectivity index (χ1n) is 9.24. The standard InChI is InChI=1S/C21H26N4O/c1-15-8-9-18(16(2)12-15)25-21(26)19-13-24-20(14-23-19)22-11-10-17-6-4-3-5-7-17/h6,8-9,12-14H,3-5,7,10-11H2,1-2H3,(H,22,24)(H,25,26). The highest BCUT2D eigenvalue weighted by Gasteiger charge is 2.10. The topological polar surface area (TPSA) is 66.9 Å². The molecule has 0 saturated carbocycles. The molecular formula is C21H26N4O. The lowest BCUT2D eigenvalue weighted by Gasteiger charge is -2.13. The molecular weight excluding hydrogens is 324 g/mol. The summed E-state index contributed by atoms with van der Waals surface area (Å²) in [6, 6.07) is 5.92. The Labute approximate surface area is 155 Å². The number of carbonyl (C=O) groups is 1. The molecule has 1 amide bonds. The number of hydrogen-bond donors (Lipinski definition) is 2. The lowest BCUT2D eigenvalue weighted by Crippen LogP contribution is -2.15. The maximum atomic E-state index is 12.3. The van der Waals surface area contributed by atoms with E-state index >= 15 is 0 Å². The van der Waals surface area contributed by atoms with Gasteiger partial charge in [0.2, 0.25) is 0 Å². The van der Waals surface area contributed by atoms with Gasteiger partial charge >= 0.3 is 0 Å². The van der Waals surface area contributed by atoms with Crippen LogP contribution in [-0.2, 0) is 0 Å². The fraction of sp³-hybridized carbons (Fsp3) is 0.381. The van der Waals surface area contributed by atoms with Crippen molar-refractivity contribution in [2.75, 3.05) is 17.2 Å². The van der Waals surface area contributed by atoms with Gasteiger partial charge < -0.3 is 10.6 Å². The van der Waals surface area contributed by atoms with E-state index in [1.807, 2.05) is 32.0 Å². The molecule has 0 unspecified atom stereocenters. The van der Waals surface area contributed by atoms with Gasteiger partial charge in [-0.25, -0.2) is 9.97 Å². The number of nitrogens with zero attached hydrogens (tertiary/aromatic N) is 2. The van der Waals surface area contributed by atoms with Gasteiger partial charge in [-0.05, 0) is 57.6 Å². The van der Waals surface area contributed by atoms with E-state index in [1.165, 1.54) is 43.0 Å². The Morgan fingerprint density at radius 2 is 2.04 bits per heavy atom. The van der Waals surface area contributed by atoms with Crippen LogP contribution < -0.4 is 10.6 Å². The lowest BCUT2D eigenvalue weighted by atomic mass is 9.97. The molecule has 5 heteroatoms. The summed E-state index contributed by atoms with van der Waals surface area (Å²) in [4.78, 5) is 20.9. The molecule has 2 aromatic rings. The van der Waals surface area contributed by atoms with E-state index in [0.29, 0.717) is 11.5 Å². The van der Waals surface area contributed by atoms with E-state index in [2.05, 4.69) is 26.7 Å². The third kappa shape index (κ3) is 4.91. The van der Waals surface area contributed by atoms with Crippen molar-refractivity contribution in [3.05, 3.63) is 59.1 Å². The van der Waals surface area contributed by atoms with E-state index in [4.69, 9.17) is 0 Å². The molecule has 0 aliphatic heterocycles. The van der Waals surface area contributed by atoms with Crippen LogP contribution in [0.4, 0.5) is 11.5 Å². The van der Waals surface area contributed by atoms with Crippen LogP contribution >= 0.6 is 0 Å². The van der Waals surface area contributed by atoms with Crippen molar-refractivity contribution in [1.82, 2.24) is 9.97 Å². The summed E-state index contributed by atoms with van der Waals surface area (Å²) in [6.07, 6.45) is 11.6. The normalized spacial score (nSPS) is 13.8. The summed E-state index contributed by atoms with van der Waals surface area (Å²) < 4.78 is 0. The highest BCUT2D eigenvalue weighted by molar-refractivity contribution is 6.03. The van der Waals surface area contributed by atoms with Crippen molar-refractivity contribution >= 4 is 17.4 Å². The van der Waals surface area contributed by atoms with Gasteiger partial charge in [-0.3, -0.25) is 4.79 Å². The molecule has 0 fully saturated rings. The first kappa shape index (κ1) is 18.1. The Morgan fingerprint density at radius 3 is 2.73 bits per heavy atom. The van der Waals surface area contributed by atoms with E-state index in [0.717, 1.165) is 24.2 Å². The second kappa shape index (κ2) is 8.61. The summed E-state index contributed by atoms with van der Waals surface area (Å²) in [7, 11) is 0. The molecule has 0 radical (unpaired) electrons. The Bertz CT molecular complexity index is 796. The van der Waals surface area contributed by atoms with Crippen LogP contribution in [0.5, 0.6) is 0 Å². The molecule has 1 aromatic heterocycles. The molecule has 1 aromatic carbocycles. The zero-order valence-electron chi connectivity index (χ0n) is 15.5. The number of hydrogen-bond acceptors (Lipinski definition) is 4. The second-order valence-corrected chi connectivity index (χ2v) is 6.84. The van der Waals surface area contributed by atoms with Crippen molar-refractivity contribution in [3.8, 4) is 0 Å². The maximum absolute atomic E-state index is 12.3. The number of anilines is 2. The molecule has 0 spiro atoms. The molecule has 136 valence electrons. The fourth-order valence-electron chi connectivity index (χ4n) is 3.16. The van der Waals surface area contributed by atoms with Crippen LogP contribution in [0.25, 0.3) is 0 Å². The molecule has 3 rings (SSSR count). The predicted octanol–water partition coefficient (Wildman–Crippen LogP) is 4.65. The zero-order chi connectivity index (χ0) is 18.4. The van der Waals surface area contributed by atoms with E-state index < -0.39 is 0 Å². The highest BCUT2D eigenvalue weighted by Crippen LogP contribution is 2.20. The average molecular weight is 350 g/mol. The van der Waals surface area contributed by atoms with E-state index in [-0.39, 0.29) is 5.91 Å². The number of aryl methyl sites for hydroxylation is 2. The summed E-state index contributed by atoms with van der Waals surface area (Å²) >= 11 is 0. The van der Waals surface area contributed by atoms with Gasteiger partial charge in [0.25, 0.3) is 5.91 Å². The van der Waals surface area contributed by atoms with Crippen molar-refractivity contribution in [3.63, 3.8) is 0 Å². The number of allylic oxidation sites excluding steroid dienone is 1. The van der Waals surface area contributed by atoms with Crippen LogP contribution in [0, 0.1) is 13.8 Å². The maximum Gasteiger partial charge on any atom is 0.275 e. The van der Waals surface area contributed by atoms with Crippen LogP contribution in [0.15, 0.2) is 42.2 Å². The minimum absolute atomic E-state index is 0.247. The van der Waals surface area contributed by atoms with Crippen LogP contribution in [-0.4, -0.2) is 22.4 Å². The molecule has 1 heterocycles. The fourth-order valence-corrected chi connectivity index (χ4v) is 3.16. The predicted molar refractivity (Wildman–Crippen MR) is 106 cm³/mol. The van der Waals surface area contributed by atoms with Crippen LogP contribution in [0.2, 0.25) is 0 Å². The molecule has 0 saturated heterocycles. The Balaban J connectivity index is 1.53. The van der Waals surface area contributed by atoms with Crippen molar-refractivity contribution in [2.45, 2.75) is 46.0 Å². The number of rotatable bonds is 6. The number of amides is 1. The quantitative estimate of drug-likeness (QED) is 0.744. The third-order valence-corrected chi connectivity index (χ3v) is 4.65. The largest absolute Gasteiger partial charge is 0.368 e. The third-order valence-electron chi connectivity index (χ3n) is 4.65. The smallest absolute Gasteiger partial charge is 0.275 e. The molecule has 0 bridgehead atoms. The zero-order valence-corrected chi connectivity index (χ0v) is 15.5. The molecule has 1 aliphatic rings. The van der Waals surface area contributed by atoms with Gasteiger partial charge in [0.05, 0.1) is 12.4 Å². The molecule has 0 atom stereocenters. The Hall–Kier alpha value is -2.69. The second-order valence-electron chi connectivity index (χ2n) is 6.84. The number of aromatic nitrogens is 2. The molecule has 1 aliphatic carbocycles. The van der Waals surface area contributed by atoms with Gasteiger partial charge in [-0.1, -0.05) is 29.3 Å². The van der Waals surface area contributed by atoms with Gasteiger partial charge in [0, 0.05) is 12.2 Å². The van der Waals surface area contributed by atoms with Crippen LogP contribution in [0.1, 0.15) is 53.7 Å². The highest BCUT2D eigenvalue weighted by atomic mass is 16.1. The van der Waals surface area contributed by atoms with E-state index in [1.54, 1.807) is 6.20 Å². The Morgan fingerprint density at radius 1 is 1.15 bits per heavy atom. The lowest BCUT2D eigenvalue weighted by molar-refractivity contribution is 0.102. The minimum atomic E-state index is -0.247. The number of benzene rings is 1. The van der Waals surface area contributed by atoms with Crippen molar-refractivity contribution < 1.29 is 4.79 Å². The summed E-state index contributed by atoms with van der Waals surface area (Å²) in [5.41, 5.74) is 4.83. The van der Waals surface area contributed by atoms with Gasteiger partial charge in [0.1, 0.15) is 11.5 Å². The average Bonchev–Trinajstić information content (AvgIpc) is 2.65. The molecule has 5 nitrogen and oxygen atoms in total. The summed E-state index contributed by atoms with van der Waals surface area (Å²) in [5.74, 6) is 0.452. The van der Waals surface area contributed by atoms with E-state index in [9.17, 15) is 4.79 Å². The SMILES string of the molecule is Cc1ccc(NC(=O)c2cnc(NCCC3=CCCCC3)cn2)c(C)c1.